The van der Waals surface area contributed by atoms with Gasteiger partial charge in [-0.2, -0.15) is 0 Å². The van der Waals surface area contributed by atoms with Crippen molar-refractivity contribution < 1.29 is 0 Å². The predicted octanol–water partition coefficient (Wildman–Crippen LogP) is 2.84. The normalized spacial score (nSPS) is 10.5. The number of aromatic nitrogens is 2. The number of aryl methyl sites for hydroxylation is 1. The molecule has 0 unspecified atom stereocenters. The average Bonchev–Trinajstić information content (AvgIpc) is 2.45. The lowest BCUT2D eigenvalue weighted by Gasteiger charge is -2.08. The molecule has 100 valence electrons. The molecule has 5 heteroatoms. The second-order valence-corrected chi connectivity index (χ2v) is 5.06. The Balaban J connectivity index is 2.35. The van der Waals surface area contributed by atoms with Crippen LogP contribution in [0.15, 0.2) is 34.8 Å². The number of nitrogens with zero attached hydrogens (tertiary/aromatic N) is 2. The molecule has 1 aromatic carbocycles. The van der Waals surface area contributed by atoms with E-state index in [1.54, 1.807) is 0 Å². The van der Waals surface area contributed by atoms with Crippen LogP contribution in [0.1, 0.15) is 12.6 Å². The lowest BCUT2D eigenvalue weighted by molar-refractivity contribution is 0.975. The molecule has 0 aliphatic carbocycles. The van der Waals surface area contributed by atoms with Gasteiger partial charge < -0.3 is 11.1 Å². The van der Waals surface area contributed by atoms with Gasteiger partial charge in [-0.05, 0) is 18.6 Å². The summed E-state index contributed by atoms with van der Waals surface area (Å²) in [6, 6.07) is 9.96. The van der Waals surface area contributed by atoms with E-state index in [1.165, 1.54) is 0 Å². The summed E-state index contributed by atoms with van der Waals surface area (Å²) >= 11 is 3.43. The molecular formula is C14H17BrN4. The van der Waals surface area contributed by atoms with E-state index in [1.807, 2.05) is 30.3 Å². The molecule has 19 heavy (non-hydrogen) atoms. The molecule has 0 spiro atoms. The van der Waals surface area contributed by atoms with Gasteiger partial charge in [0, 0.05) is 34.9 Å². The molecule has 0 atom stereocenters. The van der Waals surface area contributed by atoms with Crippen molar-refractivity contribution in [1.29, 1.82) is 0 Å². The first-order valence-corrected chi connectivity index (χ1v) is 7.10. The summed E-state index contributed by atoms with van der Waals surface area (Å²) in [6.07, 6.45) is 0.878. The first kappa shape index (κ1) is 14.0. The Kier molecular flexibility index (Phi) is 4.87. The first-order chi connectivity index (χ1) is 9.22. The smallest absolute Gasteiger partial charge is 0.161 e. The number of hydrogen-bond donors (Lipinski definition) is 2. The molecule has 2 aromatic rings. The van der Waals surface area contributed by atoms with E-state index in [-0.39, 0.29) is 0 Å². The largest absolute Gasteiger partial charge is 0.369 e. The van der Waals surface area contributed by atoms with Crippen molar-refractivity contribution in [2.24, 2.45) is 5.73 Å². The molecule has 0 aliphatic rings. The van der Waals surface area contributed by atoms with E-state index >= 15 is 0 Å². The van der Waals surface area contributed by atoms with Gasteiger partial charge in [-0.3, -0.25) is 0 Å². The van der Waals surface area contributed by atoms with Crippen LogP contribution in [0, 0.1) is 0 Å². The van der Waals surface area contributed by atoms with Crippen molar-refractivity contribution in [3.8, 4) is 11.4 Å². The number of nitrogens with two attached hydrogens (primary N) is 1. The zero-order valence-corrected chi connectivity index (χ0v) is 12.4. The van der Waals surface area contributed by atoms with Gasteiger partial charge in [0.05, 0.1) is 0 Å². The second-order valence-electron chi connectivity index (χ2n) is 4.14. The maximum absolute atomic E-state index is 5.50. The highest BCUT2D eigenvalue weighted by Gasteiger charge is 2.06. The topological polar surface area (TPSA) is 63.8 Å². The van der Waals surface area contributed by atoms with Crippen molar-refractivity contribution in [3.63, 3.8) is 0 Å². The van der Waals surface area contributed by atoms with E-state index in [0.717, 1.165) is 33.8 Å². The highest BCUT2D eigenvalue weighted by Crippen LogP contribution is 2.20. The van der Waals surface area contributed by atoms with Crippen LogP contribution in [0.2, 0.25) is 0 Å². The van der Waals surface area contributed by atoms with Crippen LogP contribution in [-0.2, 0) is 6.42 Å². The Bertz CT molecular complexity index is 540. The van der Waals surface area contributed by atoms with Crippen molar-refractivity contribution in [2.45, 2.75) is 13.3 Å². The van der Waals surface area contributed by atoms with Gasteiger partial charge in [-0.25, -0.2) is 9.97 Å². The van der Waals surface area contributed by atoms with Crippen LogP contribution in [0.4, 0.5) is 5.82 Å². The number of anilines is 1. The van der Waals surface area contributed by atoms with Gasteiger partial charge in [-0.1, -0.05) is 35.0 Å². The molecule has 0 amide bonds. The quantitative estimate of drug-likeness (QED) is 0.889. The summed E-state index contributed by atoms with van der Waals surface area (Å²) in [5.74, 6) is 1.57. The van der Waals surface area contributed by atoms with E-state index in [9.17, 15) is 0 Å². The van der Waals surface area contributed by atoms with Crippen LogP contribution >= 0.6 is 15.9 Å². The van der Waals surface area contributed by atoms with Gasteiger partial charge in [0.1, 0.15) is 5.82 Å². The minimum atomic E-state index is 0.582. The minimum absolute atomic E-state index is 0.582. The third-order valence-electron chi connectivity index (χ3n) is 2.69. The predicted molar refractivity (Wildman–Crippen MR) is 82.1 cm³/mol. The van der Waals surface area contributed by atoms with E-state index < -0.39 is 0 Å². The SMILES string of the molecule is CCc1cc(NCCN)nc(-c2ccc(Br)cc2)n1. The highest BCUT2D eigenvalue weighted by atomic mass is 79.9. The zero-order chi connectivity index (χ0) is 13.7. The minimum Gasteiger partial charge on any atom is -0.369 e. The van der Waals surface area contributed by atoms with Gasteiger partial charge in [0.2, 0.25) is 0 Å². The number of benzene rings is 1. The Morgan fingerprint density at radius 2 is 1.95 bits per heavy atom. The Morgan fingerprint density at radius 1 is 1.21 bits per heavy atom. The third-order valence-corrected chi connectivity index (χ3v) is 3.22. The van der Waals surface area contributed by atoms with Crippen molar-refractivity contribution in [3.05, 3.63) is 40.5 Å². The van der Waals surface area contributed by atoms with E-state index in [2.05, 4.69) is 38.1 Å². The van der Waals surface area contributed by atoms with Crippen molar-refractivity contribution >= 4 is 21.7 Å². The Morgan fingerprint density at radius 3 is 2.58 bits per heavy atom. The molecule has 4 nitrogen and oxygen atoms in total. The standard InChI is InChI=1S/C14H17BrN4/c1-2-12-9-13(17-8-7-16)19-14(18-12)10-3-5-11(15)6-4-10/h3-6,9H,2,7-8,16H2,1H3,(H,17,18,19). The molecule has 1 aromatic heterocycles. The lowest BCUT2D eigenvalue weighted by atomic mass is 10.2. The van der Waals surface area contributed by atoms with Crippen LogP contribution in [-0.4, -0.2) is 23.1 Å². The van der Waals surface area contributed by atoms with E-state index in [4.69, 9.17) is 5.73 Å². The highest BCUT2D eigenvalue weighted by molar-refractivity contribution is 9.10. The molecule has 2 rings (SSSR count). The molecule has 0 fully saturated rings. The fraction of sp³-hybridized carbons (Fsp3) is 0.286. The molecule has 0 saturated heterocycles. The maximum atomic E-state index is 5.50. The average molecular weight is 321 g/mol. The van der Waals surface area contributed by atoms with Crippen molar-refractivity contribution in [1.82, 2.24) is 9.97 Å². The molecule has 1 heterocycles. The summed E-state index contributed by atoms with van der Waals surface area (Å²) in [4.78, 5) is 9.09. The summed E-state index contributed by atoms with van der Waals surface area (Å²) in [6.45, 7) is 3.37. The molecule has 0 aliphatic heterocycles. The number of halogens is 1. The summed E-state index contributed by atoms with van der Waals surface area (Å²) in [5.41, 5.74) is 7.53. The summed E-state index contributed by atoms with van der Waals surface area (Å²) < 4.78 is 1.05. The lowest BCUT2D eigenvalue weighted by Crippen LogP contribution is -2.14. The monoisotopic (exact) mass is 320 g/mol. The molecule has 3 N–H and O–H groups in total. The van der Waals surface area contributed by atoms with Crippen LogP contribution in [0.3, 0.4) is 0 Å². The molecule has 0 bridgehead atoms. The maximum Gasteiger partial charge on any atom is 0.161 e. The fourth-order valence-corrected chi connectivity index (χ4v) is 1.96. The summed E-state index contributed by atoms with van der Waals surface area (Å²) in [7, 11) is 0. The number of hydrogen-bond acceptors (Lipinski definition) is 4. The first-order valence-electron chi connectivity index (χ1n) is 6.30. The summed E-state index contributed by atoms with van der Waals surface area (Å²) in [5, 5.41) is 3.21. The van der Waals surface area contributed by atoms with Gasteiger partial charge in [0.25, 0.3) is 0 Å². The van der Waals surface area contributed by atoms with Gasteiger partial charge >= 0.3 is 0 Å². The fourth-order valence-electron chi connectivity index (χ4n) is 1.70. The zero-order valence-electron chi connectivity index (χ0n) is 10.9. The number of rotatable bonds is 5. The number of nitrogens with one attached hydrogen (secondary N) is 1. The van der Waals surface area contributed by atoms with Gasteiger partial charge in [0.15, 0.2) is 5.82 Å². The second kappa shape index (κ2) is 6.63. The van der Waals surface area contributed by atoms with Crippen LogP contribution in [0.5, 0.6) is 0 Å². The Hall–Kier alpha value is -1.46. The van der Waals surface area contributed by atoms with E-state index in [0.29, 0.717) is 13.1 Å². The third kappa shape index (κ3) is 3.75. The molecule has 0 saturated carbocycles. The Labute approximate surface area is 121 Å². The molecular weight excluding hydrogens is 304 g/mol. The molecule has 0 radical (unpaired) electrons. The van der Waals surface area contributed by atoms with Gasteiger partial charge in [-0.15, -0.1) is 0 Å². The van der Waals surface area contributed by atoms with Crippen molar-refractivity contribution in [2.75, 3.05) is 18.4 Å². The van der Waals surface area contributed by atoms with Crippen LogP contribution < -0.4 is 11.1 Å². The van der Waals surface area contributed by atoms with Crippen LogP contribution in [0.25, 0.3) is 11.4 Å².